The second-order valence-corrected chi connectivity index (χ2v) is 8.07. The van der Waals surface area contributed by atoms with Crippen LogP contribution >= 0.6 is 11.6 Å². The largest absolute Gasteiger partial charge is 0.437 e. The zero-order valence-electron chi connectivity index (χ0n) is 16.6. The van der Waals surface area contributed by atoms with E-state index in [2.05, 4.69) is 9.84 Å². The molecule has 1 aromatic rings. The lowest BCUT2D eigenvalue weighted by Gasteiger charge is -2.44. The van der Waals surface area contributed by atoms with Gasteiger partial charge < -0.3 is 14.5 Å². The van der Waals surface area contributed by atoms with Gasteiger partial charge in [-0.25, -0.2) is 4.79 Å². The Morgan fingerprint density at radius 3 is 2.34 bits per heavy atom. The number of amides is 2. The quantitative estimate of drug-likeness (QED) is 0.711. The molecule has 3 rings (SSSR count). The number of ether oxygens (including phenoxy) is 1. The average molecular weight is 437 g/mol. The van der Waals surface area contributed by atoms with E-state index >= 15 is 0 Å². The minimum absolute atomic E-state index is 0.152. The van der Waals surface area contributed by atoms with Crippen LogP contribution in [0.1, 0.15) is 48.7 Å². The summed E-state index contributed by atoms with van der Waals surface area (Å²) in [6.07, 6.45) is -5.19. The van der Waals surface area contributed by atoms with E-state index in [4.69, 9.17) is 11.6 Å². The van der Waals surface area contributed by atoms with Crippen molar-refractivity contribution in [3.05, 3.63) is 16.4 Å². The molecule has 29 heavy (non-hydrogen) atoms. The third-order valence-electron chi connectivity index (χ3n) is 6.04. The SMILES string of the molecule is Cc1c(C(=O)N2CCCC23CCN(C(=O)OC(C)C(F)(F)F)CC3)c(Cl)nn1C. The number of rotatable bonds is 2. The second kappa shape index (κ2) is 7.70. The number of aromatic nitrogens is 2. The zero-order chi connectivity index (χ0) is 21.6. The Morgan fingerprint density at radius 1 is 1.21 bits per heavy atom. The van der Waals surface area contributed by atoms with E-state index in [0.717, 1.165) is 19.8 Å². The predicted octanol–water partition coefficient (Wildman–Crippen LogP) is 3.54. The van der Waals surface area contributed by atoms with Crippen LogP contribution in [0.15, 0.2) is 0 Å². The molecule has 0 saturated carbocycles. The van der Waals surface area contributed by atoms with Crippen molar-refractivity contribution < 1.29 is 27.5 Å². The van der Waals surface area contributed by atoms with E-state index in [0.29, 0.717) is 30.6 Å². The van der Waals surface area contributed by atoms with Crippen molar-refractivity contribution in [1.29, 1.82) is 0 Å². The monoisotopic (exact) mass is 436 g/mol. The summed E-state index contributed by atoms with van der Waals surface area (Å²) >= 11 is 6.16. The smallest absolute Gasteiger partial charge is 0.425 e. The maximum Gasteiger partial charge on any atom is 0.425 e. The number of hydrogen-bond acceptors (Lipinski definition) is 4. The van der Waals surface area contributed by atoms with E-state index in [9.17, 15) is 22.8 Å². The first-order valence-corrected chi connectivity index (χ1v) is 9.87. The Kier molecular flexibility index (Phi) is 5.77. The van der Waals surface area contributed by atoms with Gasteiger partial charge in [0.2, 0.25) is 0 Å². The summed E-state index contributed by atoms with van der Waals surface area (Å²) in [4.78, 5) is 28.4. The highest BCUT2D eigenvalue weighted by atomic mass is 35.5. The van der Waals surface area contributed by atoms with Crippen molar-refractivity contribution in [2.24, 2.45) is 7.05 Å². The van der Waals surface area contributed by atoms with Gasteiger partial charge >= 0.3 is 12.3 Å². The highest BCUT2D eigenvalue weighted by molar-refractivity contribution is 6.32. The van der Waals surface area contributed by atoms with E-state index in [-0.39, 0.29) is 24.1 Å². The summed E-state index contributed by atoms with van der Waals surface area (Å²) < 4.78 is 44.0. The lowest BCUT2D eigenvalue weighted by Crippen LogP contribution is -2.55. The van der Waals surface area contributed by atoms with Crippen LogP contribution < -0.4 is 0 Å². The standard InChI is InChI=1S/C18H24ClF3N4O3/c1-11-13(14(19)23-24(11)3)15(27)26-8-4-5-17(26)6-9-25(10-7-17)16(28)29-12(2)18(20,21)22/h12H,4-10H2,1-3H3. The van der Waals surface area contributed by atoms with E-state index in [1.54, 1.807) is 23.6 Å². The van der Waals surface area contributed by atoms with Crippen molar-refractivity contribution in [3.8, 4) is 0 Å². The first-order chi connectivity index (χ1) is 13.5. The summed E-state index contributed by atoms with van der Waals surface area (Å²) in [5.41, 5.74) is 0.607. The van der Waals surface area contributed by atoms with Crippen LogP contribution in [0, 0.1) is 6.92 Å². The molecule has 2 aliphatic heterocycles. The molecule has 0 radical (unpaired) electrons. The Hall–Kier alpha value is -1.97. The van der Waals surface area contributed by atoms with Gasteiger partial charge in [0, 0.05) is 37.9 Å². The van der Waals surface area contributed by atoms with Gasteiger partial charge in [0.25, 0.3) is 5.91 Å². The van der Waals surface area contributed by atoms with Crippen LogP contribution in [0.4, 0.5) is 18.0 Å². The number of carbonyl (C=O) groups excluding carboxylic acids is 2. The molecule has 11 heteroatoms. The van der Waals surface area contributed by atoms with Gasteiger partial charge in [-0.05, 0) is 39.5 Å². The van der Waals surface area contributed by atoms with Gasteiger partial charge in [0.1, 0.15) is 0 Å². The number of aryl methyl sites for hydroxylation is 1. The van der Waals surface area contributed by atoms with Crippen LogP contribution in [0.5, 0.6) is 0 Å². The third kappa shape index (κ3) is 4.04. The highest BCUT2D eigenvalue weighted by Crippen LogP contribution is 2.40. The van der Waals surface area contributed by atoms with Crippen molar-refractivity contribution in [2.75, 3.05) is 19.6 Å². The average Bonchev–Trinajstić information content (AvgIpc) is 3.15. The fourth-order valence-corrected chi connectivity index (χ4v) is 4.45. The number of piperidine rings is 1. The minimum Gasteiger partial charge on any atom is -0.437 e. The van der Waals surface area contributed by atoms with Crippen LogP contribution in [0.3, 0.4) is 0 Å². The zero-order valence-corrected chi connectivity index (χ0v) is 17.3. The van der Waals surface area contributed by atoms with Gasteiger partial charge in [-0.15, -0.1) is 0 Å². The van der Waals surface area contributed by atoms with Gasteiger partial charge in [-0.2, -0.15) is 18.3 Å². The molecule has 0 N–H and O–H groups in total. The molecule has 2 fully saturated rings. The summed E-state index contributed by atoms with van der Waals surface area (Å²) in [5, 5.41) is 4.24. The molecule has 0 aromatic carbocycles. The fraction of sp³-hybridized carbons (Fsp3) is 0.722. The Labute approximate surface area is 171 Å². The highest BCUT2D eigenvalue weighted by Gasteiger charge is 2.48. The van der Waals surface area contributed by atoms with Crippen LogP contribution in [-0.2, 0) is 11.8 Å². The third-order valence-corrected chi connectivity index (χ3v) is 6.30. The molecule has 2 saturated heterocycles. The molecular weight excluding hydrogens is 413 g/mol. The van der Waals surface area contributed by atoms with Crippen molar-refractivity contribution >= 4 is 23.6 Å². The molecule has 2 aliphatic rings. The summed E-state index contributed by atoms with van der Waals surface area (Å²) in [6.45, 7) is 3.61. The van der Waals surface area contributed by atoms with Crippen LogP contribution in [0.25, 0.3) is 0 Å². The number of nitrogens with zero attached hydrogens (tertiary/aromatic N) is 4. The van der Waals surface area contributed by atoms with Gasteiger partial charge in [0.15, 0.2) is 11.3 Å². The van der Waals surface area contributed by atoms with E-state index < -0.39 is 23.9 Å². The number of likely N-dealkylation sites (tertiary alicyclic amines) is 2. The first kappa shape index (κ1) is 21.7. The lowest BCUT2D eigenvalue weighted by atomic mass is 9.84. The maximum absolute atomic E-state index is 13.2. The Balaban J connectivity index is 1.69. The van der Waals surface area contributed by atoms with Crippen LogP contribution in [0.2, 0.25) is 5.15 Å². The van der Waals surface area contributed by atoms with E-state index in [1.165, 1.54) is 4.90 Å². The summed E-state index contributed by atoms with van der Waals surface area (Å²) in [7, 11) is 1.71. The van der Waals surface area contributed by atoms with Crippen molar-refractivity contribution in [1.82, 2.24) is 19.6 Å². The number of halogens is 4. The first-order valence-electron chi connectivity index (χ1n) is 9.49. The number of carbonyl (C=O) groups is 2. The molecule has 2 amide bonds. The number of hydrogen-bond donors (Lipinski definition) is 0. The normalized spacial score (nSPS) is 20.2. The molecule has 1 unspecified atom stereocenters. The minimum atomic E-state index is -4.60. The van der Waals surface area contributed by atoms with Gasteiger partial charge in [0.05, 0.1) is 5.56 Å². The molecule has 7 nitrogen and oxygen atoms in total. The Bertz CT molecular complexity index is 803. The molecule has 1 spiro atoms. The topological polar surface area (TPSA) is 67.7 Å². The van der Waals surface area contributed by atoms with E-state index in [1.807, 2.05) is 0 Å². The Morgan fingerprint density at radius 2 is 1.83 bits per heavy atom. The maximum atomic E-state index is 13.2. The van der Waals surface area contributed by atoms with Gasteiger partial charge in [-0.1, -0.05) is 11.6 Å². The predicted molar refractivity (Wildman–Crippen MR) is 98.8 cm³/mol. The molecule has 1 atom stereocenters. The second-order valence-electron chi connectivity index (χ2n) is 7.71. The van der Waals surface area contributed by atoms with Crippen molar-refractivity contribution in [3.63, 3.8) is 0 Å². The van der Waals surface area contributed by atoms with Gasteiger partial charge in [-0.3, -0.25) is 9.48 Å². The molecular formula is C18H24ClF3N4O3. The van der Waals surface area contributed by atoms with Crippen molar-refractivity contribution in [2.45, 2.75) is 57.3 Å². The molecule has 3 heterocycles. The van der Waals surface area contributed by atoms with Crippen LogP contribution in [-0.4, -0.2) is 69.0 Å². The lowest BCUT2D eigenvalue weighted by molar-refractivity contribution is -0.200. The molecule has 0 bridgehead atoms. The molecule has 0 aliphatic carbocycles. The fourth-order valence-electron chi connectivity index (χ4n) is 4.12. The molecule has 1 aromatic heterocycles. The number of alkyl halides is 3. The molecule has 162 valence electrons. The summed E-state index contributed by atoms with van der Waals surface area (Å²) in [5.74, 6) is -0.195. The summed E-state index contributed by atoms with van der Waals surface area (Å²) in [6, 6.07) is 0.